The van der Waals surface area contributed by atoms with E-state index < -0.39 is 11.8 Å². The maximum atomic E-state index is 13.1. The topological polar surface area (TPSA) is 77.1 Å². The lowest BCUT2D eigenvalue weighted by atomic mass is 10.0. The molecule has 1 heterocycles. The Labute approximate surface area is 181 Å². The van der Waals surface area contributed by atoms with E-state index in [4.69, 9.17) is 14.2 Å². The van der Waals surface area contributed by atoms with Gasteiger partial charge in [0, 0.05) is 12.6 Å². The van der Waals surface area contributed by atoms with E-state index in [-0.39, 0.29) is 23.9 Å². The molecule has 31 heavy (non-hydrogen) atoms. The molecule has 3 rings (SSSR count). The molecule has 2 aromatic carbocycles. The second kappa shape index (κ2) is 9.38. The van der Waals surface area contributed by atoms with Crippen molar-refractivity contribution >= 4 is 23.1 Å². The van der Waals surface area contributed by atoms with E-state index in [2.05, 4.69) is 11.9 Å². The summed E-state index contributed by atoms with van der Waals surface area (Å²) in [6.45, 7) is 7.63. The highest BCUT2D eigenvalue weighted by Crippen LogP contribution is 2.35. The van der Waals surface area contributed by atoms with Gasteiger partial charge in [-0.15, -0.1) is 6.58 Å². The van der Waals surface area contributed by atoms with Crippen molar-refractivity contribution in [2.24, 2.45) is 0 Å². The first kappa shape index (κ1) is 22.0. The number of hydrogen-bond acceptors (Lipinski definition) is 6. The maximum Gasteiger partial charge on any atom is 0.278 e. The number of nitrogens with one attached hydrogen (secondary N) is 1. The van der Waals surface area contributed by atoms with Gasteiger partial charge in [-0.25, -0.2) is 0 Å². The number of carbonyl (C=O) groups excluding carboxylic acids is 2. The molecule has 0 radical (unpaired) electrons. The van der Waals surface area contributed by atoms with Gasteiger partial charge in [-0.3, -0.25) is 14.5 Å². The standard InChI is InChI=1S/C24H26N2O5/c1-6-13-26-23(27)21(16-7-9-17(10-8-16)31-15(2)3)22(24(26)28)25-19-14-18(29-4)11-12-20(19)30-5/h6-12,14-15,25H,1,13H2,2-5H3. The third-order valence-electron chi connectivity index (χ3n) is 4.66. The average Bonchev–Trinajstić information content (AvgIpc) is 2.98. The number of hydrogen-bond donors (Lipinski definition) is 1. The molecule has 7 heteroatoms. The molecule has 1 aliphatic heterocycles. The van der Waals surface area contributed by atoms with Gasteiger partial charge in [-0.05, 0) is 43.7 Å². The quantitative estimate of drug-likeness (QED) is 0.488. The van der Waals surface area contributed by atoms with E-state index in [1.165, 1.54) is 13.2 Å². The number of benzene rings is 2. The molecule has 0 spiro atoms. The van der Waals surface area contributed by atoms with Crippen LogP contribution in [-0.4, -0.2) is 43.6 Å². The number of anilines is 1. The van der Waals surface area contributed by atoms with E-state index in [1.807, 2.05) is 13.8 Å². The van der Waals surface area contributed by atoms with Gasteiger partial charge in [0.1, 0.15) is 22.9 Å². The fourth-order valence-corrected chi connectivity index (χ4v) is 3.27. The number of nitrogens with zero attached hydrogens (tertiary/aromatic N) is 1. The summed E-state index contributed by atoms with van der Waals surface area (Å²) in [7, 11) is 3.08. The predicted molar refractivity (Wildman–Crippen MR) is 119 cm³/mol. The molecule has 0 aliphatic carbocycles. The fourth-order valence-electron chi connectivity index (χ4n) is 3.27. The van der Waals surface area contributed by atoms with Crippen molar-refractivity contribution in [3.63, 3.8) is 0 Å². The molecule has 0 fully saturated rings. The van der Waals surface area contributed by atoms with E-state index >= 15 is 0 Å². The van der Waals surface area contributed by atoms with Gasteiger partial charge in [0.2, 0.25) is 0 Å². The molecule has 0 atom stereocenters. The number of amides is 2. The van der Waals surface area contributed by atoms with Gasteiger partial charge < -0.3 is 19.5 Å². The molecule has 2 aromatic rings. The second-order valence-corrected chi connectivity index (χ2v) is 7.14. The summed E-state index contributed by atoms with van der Waals surface area (Å²) in [6, 6.07) is 12.3. The smallest absolute Gasteiger partial charge is 0.278 e. The first-order valence-electron chi connectivity index (χ1n) is 9.87. The maximum absolute atomic E-state index is 13.1. The Morgan fingerprint density at radius 1 is 1.00 bits per heavy atom. The van der Waals surface area contributed by atoms with Gasteiger partial charge in [0.05, 0.1) is 31.6 Å². The normalized spacial score (nSPS) is 13.6. The Morgan fingerprint density at radius 2 is 1.68 bits per heavy atom. The van der Waals surface area contributed by atoms with Crippen LogP contribution in [0.5, 0.6) is 17.2 Å². The van der Waals surface area contributed by atoms with Crippen LogP contribution in [0.1, 0.15) is 19.4 Å². The molecule has 0 unspecified atom stereocenters. The Balaban J connectivity index is 2.07. The van der Waals surface area contributed by atoms with Crippen molar-refractivity contribution in [3.8, 4) is 17.2 Å². The zero-order valence-corrected chi connectivity index (χ0v) is 18.1. The van der Waals surface area contributed by atoms with Crippen molar-refractivity contribution in [2.75, 3.05) is 26.1 Å². The van der Waals surface area contributed by atoms with Crippen LogP contribution in [0.2, 0.25) is 0 Å². The van der Waals surface area contributed by atoms with Crippen LogP contribution >= 0.6 is 0 Å². The van der Waals surface area contributed by atoms with Crippen molar-refractivity contribution in [1.29, 1.82) is 0 Å². The highest BCUT2D eigenvalue weighted by molar-refractivity contribution is 6.36. The highest BCUT2D eigenvalue weighted by Gasteiger charge is 2.38. The van der Waals surface area contributed by atoms with Crippen LogP contribution in [0.3, 0.4) is 0 Å². The number of methoxy groups -OCH3 is 2. The molecule has 0 aromatic heterocycles. The summed E-state index contributed by atoms with van der Waals surface area (Å²) < 4.78 is 16.4. The average molecular weight is 422 g/mol. The van der Waals surface area contributed by atoms with E-state index in [9.17, 15) is 9.59 Å². The third kappa shape index (κ3) is 4.55. The van der Waals surface area contributed by atoms with Gasteiger partial charge in [-0.2, -0.15) is 0 Å². The molecule has 0 saturated carbocycles. The zero-order chi connectivity index (χ0) is 22.5. The lowest BCUT2D eigenvalue weighted by Gasteiger charge is -2.14. The van der Waals surface area contributed by atoms with E-state index in [1.54, 1.807) is 49.6 Å². The molecular weight excluding hydrogens is 396 g/mol. The summed E-state index contributed by atoms with van der Waals surface area (Å²) in [6.07, 6.45) is 1.54. The van der Waals surface area contributed by atoms with E-state index in [0.29, 0.717) is 28.5 Å². The van der Waals surface area contributed by atoms with Gasteiger partial charge in [0.15, 0.2) is 0 Å². The Hall–Kier alpha value is -3.74. The van der Waals surface area contributed by atoms with Crippen LogP contribution in [0.25, 0.3) is 5.57 Å². The molecule has 162 valence electrons. The SMILES string of the molecule is C=CCN1C(=O)C(Nc2cc(OC)ccc2OC)=C(c2ccc(OC(C)C)cc2)C1=O. The molecule has 1 aliphatic rings. The van der Waals surface area contributed by atoms with Crippen molar-refractivity contribution in [3.05, 3.63) is 66.4 Å². The third-order valence-corrected chi connectivity index (χ3v) is 4.66. The summed E-state index contributed by atoms with van der Waals surface area (Å²) in [4.78, 5) is 27.4. The summed E-state index contributed by atoms with van der Waals surface area (Å²) in [5, 5.41) is 3.10. The van der Waals surface area contributed by atoms with E-state index in [0.717, 1.165) is 4.90 Å². The molecular formula is C24H26N2O5. The molecule has 7 nitrogen and oxygen atoms in total. The predicted octanol–water partition coefficient (Wildman–Crippen LogP) is 3.87. The lowest BCUT2D eigenvalue weighted by Crippen LogP contribution is -2.32. The number of carbonyl (C=O) groups is 2. The van der Waals surface area contributed by atoms with Crippen molar-refractivity contribution in [1.82, 2.24) is 4.90 Å². The fraction of sp³-hybridized carbons (Fsp3) is 0.250. The van der Waals surface area contributed by atoms with Crippen LogP contribution in [0.15, 0.2) is 60.8 Å². The Morgan fingerprint density at radius 3 is 2.26 bits per heavy atom. The van der Waals surface area contributed by atoms with Crippen molar-refractivity contribution in [2.45, 2.75) is 20.0 Å². The minimum Gasteiger partial charge on any atom is -0.497 e. The summed E-state index contributed by atoms with van der Waals surface area (Å²) in [5.74, 6) is 0.943. The van der Waals surface area contributed by atoms with Crippen LogP contribution in [0.4, 0.5) is 5.69 Å². The van der Waals surface area contributed by atoms with Gasteiger partial charge >= 0.3 is 0 Å². The molecule has 0 saturated heterocycles. The molecule has 0 bridgehead atoms. The minimum absolute atomic E-state index is 0.0283. The van der Waals surface area contributed by atoms with Crippen LogP contribution in [-0.2, 0) is 9.59 Å². The van der Waals surface area contributed by atoms with Gasteiger partial charge in [0.25, 0.3) is 11.8 Å². The molecule has 1 N–H and O–H groups in total. The molecule has 2 amide bonds. The monoisotopic (exact) mass is 422 g/mol. The largest absolute Gasteiger partial charge is 0.497 e. The van der Waals surface area contributed by atoms with Crippen LogP contribution in [0, 0.1) is 0 Å². The highest BCUT2D eigenvalue weighted by atomic mass is 16.5. The Kier molecular flexibility index (Phi) is 6.65. The summed E-state index contributed by atoms with van der Waals surface area (Å²) in [5.41, 5.74) is 1.55. The summed E-state index contributed by atoms with van der Waals surface area (Å²) >= 11 is 0. The van der Waals surface area contributed by atoms with Crippen LogP contribution < -0.4 is 19.5 Å². The number of imide groups is 1. The van der Waals surface area contributed by atoms with Gasteiger partial charge in [-0.1, -0.05) is 18.2 Å². The first-order chi connectivity index (χ1) is 14.9. The number of ether oxygens (including phenoxy) is 3. The van der Waals surface area contributed by atoms with Crippen molar-refractivity contribution < 1.29 is 23.8 Å². The number of rotatable bonds is 9. The second-order valence-electron chi connectivity index (χ2n) is 7.14. The Bertz CT molecular complexity index is 1020. The minimum atomic E-state index is -0.438. The lowest BCUT2D eigenvalue weighted by molar-refractivity contribution is -0.136. The zero-order valence-electron chi connectivity index (χ0n) is 18.1. The first-order valence-corrected chi connectivity index (χ1v) is 9.87.